The largest absolute Gasteiger partial charge is 0.508 e. The van der Waals surface area contributed by atoms with Gasteiger partial charge in [-0.05, 0) is 50.7 Å². The summed E-state index contributed by atoms with van der Waals surface area (Å²) in [6, 6.07) is 6.33. The molecule has 0 heterocycles. The third kappa shape index (κ3) is 13.6. The smallest absolute Gasteiger partial charge is 0.311 e. The van der Waals surface area contributed by atoms with Gasteiger partial charge in [0.25, 0.3) is 0 Å². The van der Waals surface area contributed by atoms with Crippen LogP contribution in [0.3, 0.4) is 0 Å². The molecular weight excluding hydrogens is 336 g/mol. The van der Waals surface area contributed by atoms with Crippen molar-refractivity contribution in [1.82, 2.24) is 0 Å². The van der Waals surface area contributed by atoms with E-state index in [9.17, 15) is 9.90 Å². The molecule has 1 rings (SSSR count). The predicted octanol–water partition coefficient (Wildman–Crippen LogP) is 6.89. The summed E-state index contributed by atoms with van der Waals surface area (Å²) < 4.78 is 5.20. The molecule has 0 aliphatic rings. The molecule has 27 heavy (non-hydrogen) atoms. The molecular formula is C24H34O3. The number of phenols is 1. The van der Waals surface area contributed by atoms with Gasteiger partial charge >= 0.3 is 5.97 Å². The number of phenolic OH excluding ortho intramolecular Hbond substituents is 1. The van der Waals surface area contributed by atoms with Gasteiger partial charge in [0.2, 0.25) is 0 Å². The van der Waals surface area contributed by atoms with Crippen LogP contribution in [0.4, 0.5) is 0 Å². The molecule has 0 amide bonds. The van der Waals surface area contributed by atoms with Crippen LogP contribution in [0.2, 0.25) is 0 Å². The second-order valence-corrected chi connectivity index (χ2v) is 6.57. The summed E-state index contributed by atoms with van der Waals surface area (Å²) >= 11 is 0. The van der Waals surface area contributed by atoms with E-state index in [1.54, 1.807) is 18.2 Å². The Bertz CT molecular complexity index is 599. The second-order valence-electron chi connectivity index (χ2n) is 6.57. The summed E-state index contributed by atoms with van der Waals surface area (Å²) in [6.45, 7) is 2.15. The molecule has 0 aromatic heterocycles. The standard InChI is InChI=1S/C24H34O3/c1-2-3-4-5-6-7-8-9-10-11-12-13-14-15-16-20-24(26)27-23-19-17-18-22(25)21-23/h3-4,6-7,9-10,17-19,21,25H,2,5,8,11-16,20H2,1H3. The Balaban J connectivity index is 1.93. The number of carbonyl (C=O) groups excluding carboxylic acids is 1. The van der Waals surface area contributed by atoms with Crippen LogP contribution in [-0.4, -0.2) is 11.1 Å². The van der Waals surface area contributed by atoms with E-state index in [-0.39, 0.29) is 11.7 Å². The topological polar surface area (TPSA) is 46.5 Å². The van der Waals surface area contributed by atoms with E-state index < -0.39 is 0 Å². The van der Waals surface area contributed by atoms with Gasteiger partial charge in [0.1, 0.15) is 11.5 Å². The summed E-state index contributed by atoms with van der Waals surface area (Å²) in [7, 11) is 0. The normalized spacial score (nSPS) is 11.7. The minimum atomic E-state index is -0.234. The fourth-order valence-electron chi connectivity index (χ4n) is 2.62. The molecule has 148 valence electrons. The SMILES string of the molecule is CCC=CCC=CCC=CCCCCCCCC(=O)Oc1cccc(O)c1. The molecule has 0 fully saturated rings. The zero-order chi connectivity index (χ0) is 19.6. The van der Waals surface area contributed by atoms with Gasteiger partial charge in [0, 0.05) is 12.5 Å². The van der Waals surface area contributed by atoms with Gasteiger partial charge in [-0.15, -0.1) is 0 Å². The monoisotopic (exact) mass is 370 g/mol. The molecule has 1 aromatic carbocycles. The van der Waals surface area contributed by atoms with E-state index in [1.807, 2.05) is 0 Å². The average molecular weight is 371 g/mol. The highest BCUT2D eigenvalue weighted by atomic mass is 16.5. The van der Waals surface area contributed by atoms with Crippen LogP contribution in [-0.2, 0) is 4.79 Å². The summed E-state index contributed by atoms with van der Waals surface area (Å²) in [4.78, 5) is 11.7. The number of rotatable bonds is 14. The van der Waals surface area contributed by atoms with E-state index in [2.05, 4.69) is 43.4 Å². The van der Waals surface area contributed by atoms with Gasteiger partial charge in [-0.1, -0.05) is 68.7 Å². The van der Waals surface area contributed by atoms with Crippen LogP contribution < -0.4 is 4.74 Å². The zero-order valence-corrected chi connectivity index (χ0v) is 16.6. The molecule has 0 aliphatic heterocycles. The van der Waals surface area contributed by atoms with E-state index in [0.717, 1.165) is 44.9 Å². The van der Waals surface area contributed by atoms with Crippen LogP contribution in [0.25, 0.3) is 0 Å². The molecule has 0 saturated carbocycles. The van der Waals surface area contributed by atoms with Gasteiger partial charge in [0.05, 0.1) is 0 Å². The van der Waals surface area contributed by atoms with Crippen LogP contribution in [0.15, 0.2) is 60.7 Å². The van der Waals surface area contributed by atoms with Crippen molar-refractivity contribution < 1.29 is 14.6 Å². The number of benzene rings is 1. The first-order valence-corrected chi connectivity index (χ1v) is 10.2. The van der Waals surface area contributed by atoms with Crippen molar-refractivity contribution in [2.45, 2.75) is 71.1 Å². The van der Waals surface area contributed by atoms with Crippen LogP contribution >= 0.6 is 0 Å². The van der Waals surface area contributed by atoms with E-state index >= 15 is 0 Å². The number of ether oxygens (including phenoxy) is 1. The van der Waals surface area contributed by atoms with E-state index in [1.165, 1.54) is 18.9 Å². The number of allylic oxidation sites excluding steroid dienone is 6. The Morgan fingerprint density at radius 1 is 0.926 bits per heavy atom. The lowest BCUT2D eigenvalue weighted by Gasteiger charge is -2.04. The average Bonchev–Trinajstić information content (AvgIpc) is 2.65. The van der Waals surface area contributed by atoms with Crippen molar-refractivity contribution in [2.75, 3.05) is 0 Å². The van der Waals surface area contributed by atoms with Crippen LogP contribution in [0.5, 0.6) is 11.5 Å². The fourth-order valence-corrected chi connectivity index (χ4v) is 2.62. The highest BCUT2D eigenvalue weighted by Gasteiger charge is 2.05. The minimum absolute atomic E-state index is 0.106. The van der Waals surface area contributed by atoms with Gasteiger partial charge in [-0.2, -0.15) is 0 Å². The Kier molecular flexibility index (Phi) is 13.4. The Labute approximate surface area is 164 Å². The first-order chi connectivity index (χ1) is 13.2. The summed E-state index contributed by atoms with van der Waals surface area (Å²) in [5.41, 5.74) is 0. The number of unbranched alkanes of at least 4 members (excludes halogenated alkanes) is 5. The molecule has 0 atom stereocenters. The maximum atomic E-state index is 11.7. The molecule has 0 unspecified atom stereocenters. The number of aromatic hydroxyl groups is 1. The van der Waals surface area contributed by atoms with Gasteiger partial charge in [-0.25, -0.2) is 0 Å². The molecule has 0 bridgehead atoms. The summed E-state index contributed by atoms with van der Waals surface area (Å²) in [5, 5.41) is 9.34. The molecule has 3 heteroatoms. The maximum absolute atomic E-state index is 11.7. The second kappa shape index (κ2) is 15.9. The highest BCUT2D eigenvalue weighted by molar-refractivity contribution is 5.72. The van der Waals surface area contributed by atoms with Gasteiger partial charge in [0.15, 0.2) is 0 Å². The van der Waals surface area contributed by atoms with Crippen molar-refractivity contribution in [1.29, 1.82) is 0 Å². The molecule has 1 N–H and O–H groups in total. The lowest BCUT2D eigenvalue weighted by Crippen LogP contribution is -2.07. The number of esters is 1. The Morgan fingerprint density at radius 3 is 2.33 bits per heavy atom. The van der Waals surface area contributed by atoms with Crippen molar-refractivity contribution >= 4 is 5.97 Å². The Hall–Kier alpha value is -2.29. The molecule has 1 aromatic rings. The third-order valence-corrected chi connectivity index (χ3v) is 4.08. The fraction of sp³-hybridized carbons (Fsp3) is 0.458. The number of hydrogen-bond donors (Lipinski definition) is 1. The molecule has 3 nitrogen and oxygen atoms in total. The molecule has 0 saturated heterocycles. The summed E-state index contributed by atoms with van der Waals surface area (Å²) in [5.74, 6) is 0.273. The zero-order valence-electron chi connectivity index (χ0n) is 16.6. The molecule has 0 aliphatic carbocycles. The van der Waals surface area contributed by atoms with Crippen LogP contribution in [0.1, 0.15) is 71.1 Å². The number of hydrogen-bond acceptors (Lipinski definition) is 3. The van der Waals surface area contributed by atoms with Crippen molar-refractivity contribution in [2.24, 2.45) is 0 Å². The highest BCUT2D eigenvalue weighted by Crippen LogP contribution is 2.18. The summed E-state index contributed by atoms with van der Waals surface area (Å²) in [6.07, 6.45) is 23.5. The van der Waals surface area contributed by atoms with Gasteiger partial charge < -0.3 is 9.84 Å². The number of carbonyl (C=O) groups is 1. The first kappa shape index (κ1) is 22.8. The van der Waals surface area contributed by atoms with Crippen molar-refractivity contribution in [3.63, 3.8) is 0 Å². The minimum Gasteiger partial charge on any atom is -0.508 e. The quantitative estimate of drug-likeness (QED) is 0.168. The lowest BCUT2D eigenvalue weighted by molar-refractivity contribution is -0.134. The Morgan fingerprint density at radius 2 is 1.59 bits per heavy atom. The maximum Gasteiger partial charge on any atom is 0.311 e. The molecule has 0 radical (unpaired) electrons. The van der Waals surface area contributed by atoms with Crippen molar-refractivity contribution in [3.8, 4) is 11.5 Å². The third-order valence-electron chi connectivity index (χ3n) is 4.08. The van der Waals surface area contributed by atoms with E-state index in [4.69, 9.17) is 4.74 Å². The lowest BCUT2D eigenvalue weighted by atomic mass is 10.1. The predicted molar refractivity (Wildman–Crippen MR) is 113 cm³/mol. The van der Waals surface area contributed by atoms with E-state index in [0.29, 0.717) is 12.2 Å². The molecule has 0 spiro atoms. The van der Waals surface area contributed by atoms with Crippen molar-refractivity contribution in [3.05, 3.63) is 60.7 Å². The first-order valence-electron chi connectivity index (χ1n) is 10.2. The van der Waals surface area contributed by atoms with Crippen LogP contribution in [0, 0.1) is 0 Å². The van der Waals surface area contributed by atoms with Gasteiger partial charge in [-0.3, -0.25) is 4.79 Å².